The minimum Gasteiger partial charge on any atom is -0.385 e. The van der Waals surface area contributed by atoms with Crippen molar-refractivity contribution in [3.8, 4) is 0 Å². The molecule has 2 aromatic carbocycles. The fourth-order valence-corrected chi connectivity index (χ4v) is 3.30. The highest BCUT2D eigenvalue weighted by atomic mass is 16.1. The third-order valence-electron chi connectivity index (χ3n) is 5.13. The van der Waals surface area contributed by atoms with E-state index in [2.05, 4.69) is 61.2 Å². The Hall–Kier alpha value is -3.86. The number of hydrogen-bond acceptors (Lipinski definition) is 4. The largest absolute Gasteiger partial charge is 0.385 e. The number of rotatable bonds is 8. The number of carbonyl (C=O) groups excluding carboxylic acids is 1. The number of allylic oxidation sites excluding steroid dienone is 1. The van der Waals surface area contributed by atoms with Gasteiger partial charge in [-0.3, -0.25) is 9.78 Å². The van der Waals surface area contributed by atoms with Crippen LogP contribution in [0.15, 0.2) is 73.4 Å². The van der Waals surface area contributed by atoms with Crippen molar-refractivity contribution in [2.45, 2.75) is 20.8 Å². The van der Waals surface area contributed by atoms with Gasteiger partial charge in [0, 0.05) is 29.7 Å². The van der Waals surface area contributed by atoms with Crippen molar-refractivity contribution in [1.29, 1.82) is 0 Å². The summed E-state index contributed by atoms with van der Waals surface area (Å²) in [7, 11) is 0. The molecule has 1 heterocycles. The molecule has 1 amide bonds. The number of amides is 1. The monoisotopic (exact) mass is 412 g/mol. The van der Waals surface area contributed by atoms with Crippen molar-refractivity contribution < 1.29 is 4.79 Å². The number of nitrogens with two attached hydrogens (primary N) is 1. The highest BCUT2D eigenvalue weighted by Gasteiger charge is 2.13. The molecule has 5 heteroatoms. The number of nitrogens with zero attached hydrogens (tertiary/aromatic N) is 1. The van der Waals surface area contributed by atoms with E-state index in [0.717, 1.165) is 40.3 Å². The average molecular weight is 413 g/mol. The summed E-state index contributed by atoms with van der Waals surface area (Å²) in [6.45, 7) is 11.3. The molecule has 0 saturated carbocycles. The summed E-state index contributed by atoms with van der Waals surface area (Å²) in [6.07, 6.45) is 1.77. The van der Waals surface area contributed by atoms with Crippen LogP contribution >= 0.6 is 0 Å². The highest BCUT2D eigenvalue weighted by Crippen LogP contribution is 2.28. The Morgan fingerprint density at radius 1 is 1.03 bits per heavy atom. The minimum absolute atomic E-state index is 0.453. The third kappa shape index (κ3) is 5.20. The normalized spacial score (nSPS) is 11.5. The zero-order valence-electron chi connectivity index (χ0n) is 18.2. The first kappa shape index (κ1) is 21.8. The zero-order chi connectivity index (χ0) is 22.4. The van der Waals surface area contributed by atoms with E-state index in [1.54, 1.807) is 18.3 Å². The van der Waals surface area contributed by atoms with Crippen LogP contribution in [0.2, 0.25) is 0 Å². The second kappa shape index (κ2) is 9.76. The van der Waals surface area contributed by atoms with Gasteiger partial charge in [-0.05, 0) is 73.4 Å². The van der Waals surface area contributed by atoms with Crippen LogP contribution < -0.4 is 16.4 Å². The first-order valence-corrected chi connectivity index (χ1v) is 10.2. The number of hydrogen-bond donors (Lipinski definition) is 3. The number of aryl methyl sites for hydroxylation is 1. The number of anilines is 1. The molecule has 158 valence electrons. The van der Waals surface area contributed by atoms with Gasteiger partial charge in [0.15, 0.2) is 0 Å². The van der Waals surface area contributed by atoms with Gasteiger partial charge in [0.1, 0.15) is 0 Å². The Kier molecular flexibility index (Phi) is 6.88. The van der Waals surface area contributed by atoms with Gasteiger partial charge in [0.2, 0.25) is 5.91 Å². The summed E-state index contributed by atoms with van der Waals surface area (Å²) in [5.41, 5.74) is 13.5. The number of aromatic nitrogens is 1. The predicted octanol–water partition coefficient (Wildman–Crippen LogP) is 5.07. The van der Waals surface area contributed by atoms with Gasteiger partial charge in [-0.25, -0.2) is 0 Å². The quantitative estimate of drug-likeness (QED) is 0.483. The van der Waals surface area contributed by atoms with Crippen LogP contribution in [-0.4, -0.2) is 17.4 Å². The number of nitrogens with one attached hydrogen (secondary N) is 2. The summed E-state index contributed by atoms with van der Waals surface area (Å²) >= 11 is 0. The lowest BCUT2D eigenvalue weighted by Gasteiger charge is -2.18. The van der Waals surface area contributed by atoms with E-state index in [-0.39, 0.29) is 0 Å². The van der Waals surface area contributed by atoms with Crippen LogP contribution in [0.4, 0.5) is 5.69 Å². The van der Waals surface area contributed by atoms with Gasteiger partial charge in [-0.2, -0.15) is 0 Å². The van der Waals surface area contributed by atoms with Gasteiger partial charge < -0.3 is 16.4 Å². The average Bonchev–Trinajstić information content (AvgIpc) is 2.79. The number of benzene rings is 2. The molecule has 0 aliphatic heterocycles. The van der Waals surface area contributed by atoms with Crippen molar-refractivity contribution in [3.63, 3.8) is 0 Å². The molecule has 0 aliphatic rings. The molecule has 5 nitrogen and oxygen atoms in total. The zero-order valence-corrected chi connectivity index (χ0v) is 18.2. The Morgan fingerprint density at radius 2 is 1.71 bits per heavy atom. The van der Waals surface area contributed by atoms with Crippen LogP contribution in [0, 0.1) is 6.92 Å². The number of primary amides is 1. The topological polar surface area (TPSA) is 80.0 Å². The molecule has 0 unspecified atom stereocenters. The first-order chi connectivity index (χ1) is 14.9. The second-order valence-corrected chi connectivity index (χ2v) is 7.32. The molecule has 0 aliphatic carbocycles. The molecule has 1 aromatic heterocycles. The van der Waals surface area contributed by atoms with Crippen LogP contribution in [0.3, 0.4) is 0 Å². The molecule has 0 fully saturated rings. The number of carbonyl (C=O) groups is 1. The van der Waals surface area contributed by atoms with Crippen molar-refractivity contribution >= 4 is 28.6 Å². The van der Waals surface area contributed by atoms with Crippen LogP contribution in [0.5, 0.6) is 0 Å². The van der Waals surface area contributed by atoms with Crippen molar-refractivity contribution in [1.82, 2.24) is 10.3 Å². The second-order valence-electron chi connectivity index (χ2n) is 7.32. The highest BCUT2D eigenvalue weighted by molar-refractivity contribution is 5.94. The molecule has 0 spiro atoms. The SMILES string of the molecule is C=C(N/C(=C(\C)c1ccc(C)c(NCC)c1)c1ccccn1)c1ccc(C(N)=O)cc1. The van der Waals surface area contributed by atoms with Crippen LogP contribution in [0.25, 0.3) is 17.0 Å². The van der Waals surface area contributed by atoms with E-state index in [1.807, 2.05) is 30.3 Å². The van der Waals surface area contributed by atoms with Crippen molar-refractivity contribution in [3.05, 3.63) is 101 Å². The third-order valence-corrected chi connectivity index (χ3v) is 5.13. The minimum atomic E-state index is -0.453. The van der Waals surface area contributed by atoms with Gasteiger partial charge >= 0.3 is 0 Å². The first-order valence-electron chi connectivity index (χ1n) is 10.2. The predicted molar refractivity (Wildman–Crippen MR) is 129 cm³/mol. The summed E-state index contributed by atoms with van der Waals surface area (Å²) < 4.78 is 0. The summed E-state index contributed by atoms with van der Waals surface area (Å²) in [5.74, 6) is -0.453. The molecule has 0 radical (unpaired) electrons. The Bertz CT molecular complexity index is 1120. The van der Waals surface area contributed by atoms with Gasteiger partial charge in [0.05, 0.1) is 11.4 Å². The molecule has 0 atom stereocenters. The summed E-state index contributed by atoms with van der Waals surface area (Å²) in [6, 6.07) is 19.3. The molecule has 0 saturated heterocycles. The van der Waals surface area contributed by atoms with E-state index in [9.17, 15) is 4.79 Å². The summed E-state index contributed by atoms with van der Waals surface area (Å²) in [4.78, 5) is 15.9. The van der Waals surface area contributed by atoms with E-state index >= 15 is 0 Å². The van der Waals surface area contributed by atoms with E-state index in [0.29, 0.717) is 11.3 Å². The molecule has 3 aromatic rings. The Balaban J connectivity index is 2.01. The van der Waals surface area contributed by atoms with E-state index in [1.165, 1.54) is 5.56 Å². The van der Waals surface area contributed by atoms with Crippen molar-refractivity contribution in [2.75, 3.05) is 11.9 Å². The maximum atomic E-state index is 11.4. The number of pyridine rings is 1. The smallest absolute Gasteiger partial charge is 0.248 e. The Morgan fingerprint density at radius 3 is 2.32 bits per heavy atom. The van der Waals surface area contributed by atoms with E-state index < -0.39 is 5.91 Å². The molecular weight excluding hydrogens is 384 g/mol. The molecule has 3 rings (SSSR count). The lowest BCUT2D eigenvalue weighted by molar-refractivity contribution is 0.100. The van der Waals surface area contributed by atoms with E-state index in [4.69, 9.17) is 5.73 Å². The van der Waals surface area contributed by atoms with Gasteiger partial charge in [-0.15, -0.1) is 0 Å². The maximum absolute atomic E-state index is 11.4. The molecule has 0 bridgehead atoms. The molecular formula is C26H28N4O. The van der Waals surface area contributed by atoms with Gasteiger partial charge in [0.25, 0.3) is 0 Å². The lowest BCUT2D eigenvalue weighted by Crippen LogP contribution is -2.14. The van der Waals surface area contributed by atoms with Crippen LogP contribution in [0.1, 0.15) is 46.6 Å². The maximum Gasteiger partial charge on any atom is 0.248 e. The Labute approximate surface area is 183 Å². The fourth-order valence-electron chi connectivity index (χ4n) is 3.30. The van der Waals surface area contributed by atoms with Crippen molar-refractivity contribution in [2.24, 2.45) is 5.73 Å². The van der Waals surface area contributed by atoms with Gasteiger partial charge in [-0.1, -0.05) is 36.9 Å². The summed E-state index contributed by atoms with van der Waals surface area (Å²) in [5, 5.41) is 6.87. The molecule has 4 N–H and O–H groups in total. The lowest BCUT2D eigenvalue weighted by atomic mass is 10.00. The standard InChI is InChI=1S/C26H28N4O/c1-5-28-24-16-22(10-9-17(24)2)18(3)25(23-8-6-7-15-29-23)30-19(4)20-11-13-21(14-12-20)26(27)31/h6-16,28,30H,4-5H2,1-3H3,(H2,27,31)/b25-18+. The fraction of sp³-hybridized carbons (Fsp3) is 0.154. The molecule has 31 heavy (non-hydrogen) atoms. The van der Waals surface area contributed by atoms with Crippen LogP contribution in [-0.2, 0) is 0 Å².